The van der Waals surface area contributed by atoms with E-state index in [-0.39, 0.29) is 92.1 Å². The molecule has 4 aliphatic rings. The number of phenols is 1. The number of aromatic hydroxyl groups is 1. The van der Waals surface area contributed by atoms with Crippen LogP contribution >= 0.6 is 43.2 Å². The van der Waals surface area contributed by atoms with E-state index in [0.717, 1.165) is 48.1 Å². The maximum absolute atomic E-state index is 15.3. The fraction of sp³-hybridized carbons (Fsp3) is 0.556. The number of nitrogens with zero attached hydrogens (tertiary/aromatic N) is 1. The van der Waals surface area contributed by atoms with Crippen LogP contribution in [0.5, 0.6) is 5.75 Å². The average Bonchev–Trinajstić information content (AvgIpc) is 1.57. The normalized spacial score (nSPS) is 25.9. The Morgan fingerprint density at radius 1 is 0.667 bits per heavy atom. The number of aliphatic hydroxyl groups is 1. The molecule has 4 fully saturated rings. The highest BCUT2D eigenvalue weighted by Crippen LogP contribution is 2.28. The lowest BCUT2D eigenvalue weighted by Crippen LogP contribution is -2.61. The molecule has 14 amide bonds. The molecule has 19 N–H and O–H groups in total. The van der Waals surface area contributed by atoms with Crippen LogP contribution in [0.1, 0.15) is 83.8 Å². The number of phenolic OH excluding ortho intramolecular Hbond substituents is 1. The molecule has 4 saturated heterocycles. The second kappa shape index (κ2) is 37.8. The van der Waals surface area contributed by atoms with Crippen molar-refractivity contribution >= 4 is 137 Å². The number of rotatable bonds is 18. The van der Waals surface area contributed by atoms with Crippen LogP contribution in [-0.2, 0) is 80.0 Å². The second-order valence-corrected chi connectivity index (χ2v) is 30.3. The smallest absolute Gasteiger partial charge is 0.246 e. The third kappa shape index (κ3) is 23.4. The van der Waals surface area contributed by atoms with Crippen molar-refractivity contribution in [3.63, 3.8) is 0 Å². The Hall–Kier alpha value is -8.32. The van der Waals surface area contributed by atoms with E-state index < -0.39 is 175 Å². The molecule has 0 saturated carbocycles. The van der Waals surface area contributed by atoms with Gasteiger partial charge in [-0.1, -0.05) is 101 Å². The number of hydrogen-bond acceptors (Lipinski definition) is 21. The Labute approximate surface area is 586 Å². The number of benzene rings is 2. The van der Waals surface area contributed by atoms with Crippen molar-refractivity contribution in [2.45, 2.75) is 158 Å². The zero-order valence-corrected chi connectivity index (χ0v) is 58.4. The lowest BCUT2D eigenvalue weighted by Gasteiger charge is -2.31. The summed E-state index contributed by atoms with van der Waals surface area (Å²) in [5.41, 5.74) is 13.4. The zero-order valence-electron chi connectivity index (χ0n) is 55.1. The summed E-state index contributed by atoms with van der Waals surface area (Å²) in [5, 5.41) is 53.4. The van der Waals surface area contributed by atoms with Gasteiger partial charge in [-0.05, 0) is 79.8 Å². The molecule has 0 aliphatic carbocycles. The van der Waals surface area contributed by atoms with Crippen LogP contribution in [0.3, 0.4) is 0 Å². The number of aromatic amines is 1. The molecule has 32 nitrogen and oxygen atoms in total. The number of para-hydroxylation sites is 1. The van der Waals surface area contributed by atoms with Gasteiger partial charge in [-0.15, -0.1) is 0 Å². The van der Waals surface area contributed by atoms with Gasteiger partial charge in [0.25, 0.3) is 0 Å². The Bertz CT molecular complexity index is 3440. The molecule has 2 aromatic carbocycles. The molecule has 0 spiro atoms. The van der Waals surface area contributed by atoms with Crippen LogP contribution in [0, 0.1) is 11.8 Å². The van der Waals surface area contributed by atoms with Gasteiger partial charge in [0, 0.05) is 72.3 Å². The van der Waals surface area contributed by atoms with Gasteiger partial charge in [-0.2, -0.15) is 0 Å². The van der Waals surface area contributed by atoms with Gasteiger partial charge in [0.1, 0.15) is 72.2 Å². The Morgan fingerprint density at radius 3 is 1.99 bits per heavy atom. The van der Waals surface area contributed by atoms with Crippen LogP contribution in [0.15, 0.2) is 54.7 Å². The highest BCUT2D eigenvalue weighted by atomic mass is 33.1. The Morgan fingerprint density at radius 2 is 1.31 bits per heavy atom. The maximum Gasteiger partial charge on any atom is 0.246 e. The molecule has 99 heavy (non-hydrogen) atoms. The molecule has 12 atom stereocenters. The summed E-state index contributed by atoms with van der Waals surface area (Å²) in [6.45, 7) is 5.17. The van der Waals surface area contributed by atoms with Crippen molar-refractivity contribution in [3.8, 4) is 5.75 Å². The minimum Gasteiger partial charge on any atom is -0.508 e. The number of amides is 14. The van der Waals surface area contributed by atoms with Crippen LogP contribution in [-0.4, -0.2) is 225 Å². The van der Waals surface area contributed by atoms with Crippen LogP contribution in [0.2, 0.25) is 0 Å². The summed E-state index contributed by atoms with van der Waals surface area (Å²) in [4.78, 5) is 202. The number of hydrogen-bond donors (Lipinski definition) is 17. The van der Waals surface area contributed by atoms with E-state index >= 15 is 9.59 Å². The maximum atomic E-state index is 15.3. The lowest BCUT2D eigenvalue weighted by atomic mass is 10.0. The number of carbonyl (C=O) groups excluding carboxylic acids is 14. The van der Waals surface area contributed by atoms with Gasteiger partial charge in [0.2, 0.25) is 82.7 Å². The fourth-order valence-electron chi connectivity index (χ4n) is 11.3. The SMILES string of the molecule is CC(C)C[C@@H]1NC(=O)[C@H](CCCCN)NC(=O)[C@H](Cc2ccc(O)cc2)NC(=O)CNC(=O)[C@@H]2CSSC[C@H](NC1=O)C(=O)N[C@@H](Cc1c[nH]c3ccccc13)C(=O)N1C[C@H](O)C[C@H]1C(=O)N[C@H](C(N)=O)CSSC[C@H](NC(=O)[C@@H](NC(=O)CNC(=O)[C@@H]1CCC(=O)N1)C(C)C)C(=O)N2. The molecule has 1 aromatic heterocycles. The first-order valence-electron chi connectivity index (χ1n) is 32.5. The van der Waals surface area contributed by atoms with Crippen molar-refractivity contribution in [2.24, 2.45) is 23.3 Å². The summed E-state index contributed by atoms with van der Waals surface area (Å²) >= 11 is 0. The number of nitrogens with one attached hydrogen (secondary N) is 13. The van der Waals surface area contributed by atoms with Crippen molar-refractivity contribution in [3.05, 3.63) is 65.9 Å². The predicted molar refractivity (Wildman–Crippen MR) is 371 cm³/mol. The van der Waals surface area contributed by atoms with Crippen LogP contribution in [0.25, 0.3) is 10.9 Å². The summed E-state index contributed by atoms with van der Waals surface area (Å²) in [5.74, 6) is -14.2. The van der Waals surface area contributed by atoms with Gasteiger partial charge in [0.05, 0.1) is 19.2 Å². The number of aromatic nitrogens is 1. The molecule has 4 aliphatic heterocycles. The largest absolute Gasteiger partial charge is 0.508 e. The number of aliphatic hydroxyl groups excluding tert-OH is 1. The van der Waals surface area contributed by atoms with Crippen LogP contribution < -0.4 is 75.3 Å². The second-order valence-electron chi connectivity index (χ2n) is 25.2. The third-order valence-corrected chi connectivity index (χ3v) is 21.5. The van der Waals surface area contributed by atoms with E-state index in [1.807, 2.05) is 0 Å². The monoisotopic (exact) mass is 1450 g/mol. The molecule has 540 valence electrons. The highest BCUT2D eigenvalue weighted by Gasteiger charge is 2.44. The molecule has 36 heteroatoms. The zero-order chi connectivity index (χ0) is 72.0. The first kappa shape index (κ1) is 78.0. The predicted octanol–water partition coefficient (Wildman–Crippen LogP) is -3.40. The summed E-state index contributed by atoms with van der Waals surface area (Å²) < 4.78 is 0. The Kier molecular flexibility index (Phi) is 29.8. The lowest BCUT2D eigenvalue weighted by molar-refractivity contribution is -0.142. The number of unbranched alkanes of at least 4 members (excludes halogenated alkanes) is 1. The number of carbonyl (C=O) groups is 14. The fourth-order valence-corrected chi connectivity index (χ4v) is 15.9. The molecular weight excluding hydrogens is 1370 g/mol. The van der Waals surface area contributed by atoms with Gasteiger partial charge >= 0.3 is 0 Å². The van der Waals surface area contributed by atoms with E-state index in [1.54, 1.807) is 58.2 Å². The number of nitrogens with two attached hydrogens (primary N) is 2. The van der Waals surface area contributed by atoms with Crippen molar-refractivity contribution in [1.29, 1.82) is 0 Å². The van der Waals surface area contributed by atoms with Gasteiger partial charge in [0.15, 0.2) is 0 Å². The van der Waals surface area contributed by atoms with Gasteiger partial charge in [-0.3, -0.25) is 67.1 Å². The molecule has 2 bridgehead atoms. The van der Waals surface area contributed by atoms with E-state index in [9.17, 15) is 67.7 Å². The molecular formula is C63H88N16O16S4. The number of primary amides is 1. The number of fused-ring (bicyclic) bond motifs is 7. The van der Waals surface area contributed by atoms with E-state index in [2.05, 4.69) is 68.8 Å². The topological polar surface area (TPSA) is 495 Å². The van der Waals surface area contributed by atoms with Crippen molar-refractivity contribution in [1.82, 2.24) is 73.7 Å². The summed E-state index contributed by atoms with van der Waals surface area (Å²) in [7, 11) is 3.69. The van der Waals surface area contributed by atoms with Gasteiger partial charge in [-0.25, -0.2) is 0 Å². The minimum absolute atomic E-state index is 0.00276. The van der Waals surface area contributed by atoms with E-state index in [1.165, 1.54) is 24.3 Å². The van der Waals surface area contributed by atoms with Gasteiger partial charge < -0.3 is 95.4 Å². The first-order valence-corrected chi connectivity index (χ1v) is 37.5. The minimum atomic E-state index is -1.61. The Balaban J connectivity index is 1.28. The van der Waals surface area contributed by atoms with Crippen molar-refractivity contribution in [2.75, 3.05) is 49.2 Å². The number of H-pyrrole nitrogens is 1. The first-order chi connectivity index (χ1) is 47.2. The molecule has 7 rings (SSSR count). The molecule has 0 unspecified atom stereocenters. The van der Waals surface area contributed by atoms with E-state index in [0.29, 0.717) is 34.9 Å². The third-order valence-electron chi connectivity index (χ3n) is 16.6. The average molecular weight is 1450 g/mol. The molecule has 5 heterocycles. The quantitative estimate of drug-likeness (QED) is 0.0436. The molecule has 0 radical (unpaired) electrons. The summed E-state index contributed by atoms with van der Waals surface area (Å²) in [6.07, 6.45) is 0.703. The molecule has 3 aromatic rings. The van der Waals surface area contributed by atoms with Crippen molar-refractivity contribution < 1.29 is 77.3 Å². The van der Waals surface area contributed by atoms with Crippen LogP contribution in [0.4, 0.5) is 0 Å². The van der Waals surface area contributed by atoms with E-state index in [4.69, 9.17) is 11.5 Å². The summed E-state index contributed by atoms with van der Waals surface area (Å²) in [6, 6.07) is -2.73. The highest BCUT2D eigenvalue weighted by molar-refractivity contribution is 8.77. The standard InChI is InChI=1S/C63H88N16O16S4/c1-31(2)19-41-57(89)76-46-29-99-97-28-45(55(87)68-24-50(83)70-42(20-33-12-14-35(80)15-13-33)58(90)71-39(56(88)72-41)11-7-8-18-64)75-60(92)47(77-62(94)52(32(3)4)78-51(84)25-67-54(86)40-16-17-49(82)69-40)30-98-96-27-44(53(65)85)74-61(93)48-22-36(81)26-79(48)63(95)43(73-59(46)91)21-34-23-66-38-10-6-5-9-37(34)38/h5-6,9-10,12-15,23,31-32,36,39-48,52,66,80-81H,7-8,11,16-22,24-30,64H2,1-4H3,(H2,65,85)(H,67,86)(H,68,87)(H,69,82)(H,70,83)(H,71,90)(H,72,88)(H,73,91)(H,74,93)(H,75,92)(H,76,89)(H,77,94)(H,78,84)/t36-,39+,40+,41+,42+,43+,44+,45+,46+,47+,48+,52+/m1/s1.